The maximum Gasteiger partial charge on any atom is 0.167 e. The number of rotatable bonds is 7. The van der Waals surface area contributed by atoms with E-state index in [9.17, 15) is 0 Å². The summed E-state index contributed by atoms with van der Waals surface area (Å²) in [4.78, 5) is 15.2. The first kappa shape index (κ1) is 38.8. The molecule has 14 rings (SSSR count). The van der Waals surface area contributed by atoms with Gasteiger partial charge in [0.25, 0.3) is 0 Å². The van der Waals surface area contributed by atoms with Gasteiger partial charge < -0.3 is 13.4 Å². The van der Waals surface area contributed by atoms with Gasteiger partial charge in [-0.05, 0) is 76.3 Å². The first-order chi connectivity index (χ1) is 34.2. The molecule has 6 heteroatoms. The third kappa shape index (κ3) is 6.45. The van der Waals surface area contributed by atoms with E-state index in [-0.39, 0.29) is 0 Å². The summed E-state index contributed by atoms with van der Waals surface area (Å²) in [6.45, 7) is 0. The predicted molar refractivity (Wildman–Crippen MR) is 281 cm³/mol. The Morgan fingerprint density at radius 1 is 0.275 bits per heavy atom. The molecule has 0 saturated carbocycles. The molecular formula is C63H38N4O2. The minimum Gasteiger partial charge on any atom is -0.456 e. The lowest BCUT2D eigenvalue weighted by molar-refractivity contribution is 0.668. The molecule has 0 spiro atoms. The Morgan fingerprint density at radius 2 is 0.797 bits per heavy atom. The van der Waals surface area contributed by atoms with Crippen molar-refractivity contribution in [3.8, 4) is 73.2 Å². The van der Waals surface area contributed by atoms with E-state index in [0.29, 0.717) is 17.5 Å². The molecule has 322 valence electrons. The van der Waals surface area contributed by atoms with Crippen LogP contribution in [0, 0.1) is 0 Å². The van der Waals surface area contributed by atoms with Gasteiger partial charge in [0.2, 0.25) is 0 Å². The average Bonchev–Trinajstić information content (AvgIpc) is 4.10. The van der Waals surface area contributed by atoms with Crippen molar-refractivity contribution in [2.75, 3.05) is 0 Å². The van der Waals surface area contributed by atoms with Gasteiger partial charge in [-0.2, -0.15) is 0 Å². The normalized spacial score (nSPS) is 11.8. The van der Waals surface area contributed by atoms with E-state index in [1.165, 1.54) is 21.9 Å². The van der Waals surface area contributed by atoms with E-state index in [4.69, 9.17) is 23.8 Å². The lowest BCUT2D eigenvalue weighted by Crippen LogP contribution is -2.00. The zero-order chi connectivity index (χ0) is 45.4. The molecule has 0 aliphatic rings. The molecule has 0 atom stereocenters. The molecule has 0 unspecified atom stereocenters. The largest absolute Gasteiger partial charge is 0.456 e. The van der Waals surface area contributed by atoms with E-state index >= 15 is 0 Å². The van der Waals surface area contributed by atoms with Gasteiger partial charge in [-0.3, -0.25) is 0 Å². The van der Waals surface area contributed by atoms with Gasteiger partial charge in [0.15, 0.2) is 17.5 Å². The van der Waals surface area contributed by atoms with Crippen molar-refractivity contribution >= 4 is 65.7 Å². The number of hydrogen-bond donors (Lipinski definition) is 0. The van der Waals surface area contributed by atoms with Gasteiger partial charge in [0.1, 0.15) is 22.3 Å². The molecule has 0 fully saturated rings. The fourth-order valence-corrected chi connectivity index (χ4v) is 10.1. The van der Waals surface area contributed by atoms with Gasteiger partial charge in [-0.25, -0.2) is 15.0 Å². The van der Waals surface area contributed by atoms with E-state index in [1.54, 1.807) is 0 Å². The highest BCUT2D eigenvalue weighted by Gasteiger charge is 2.21. The molecule has 14 aromatic rings. The number of benzene rings is 10. The average molecular weight is 883 g/mol. The summed E-state index contributed by atoms with van der Waals surface area (Å²) in [5.41, 5.74) is 15.8. The quantitative estimate of drug-likeness (QED) is 0.159. The van der Waals surface area contributed by atoms with Crippen LogP contribution in [0.5, 0.6) is 0 Å². The standard InChI is InChI=1S/C63H38N4O2/c1-4-14-39(15-5-1)41-26-28-43(29-27-41)62-64-61(42-18-8-3-9-19-42)65-63(66-62)52-24-13-23-51-50-22-12-21-47(59(50)69-60(51)52)45-31-35-57-54(37-45)49-33-32-46(38-58(49)68-57)67-55-25-11-10-20-48(55)53-36-44(30-34-56(53)67)40-16-6-2-7-17-40/h1-38H. The van der Waals surface area contributed by atoms with E-state index in [1.807, 2.05) is 42.5 Å². The van der Waals surface area contributed by atoms with Crippen molar-refractivity contribution in [2.45, 2.75) is 0 Å². The molecule has 10 aromatic carbocycles. The van der Waals surface area contributed by atoms with Crippen molar-refractivity contribution in [1.29, 1.82) is 0 Å². The minimum atomic E-state index is 0.542. The summed E-state index contributed by atoms with van der Waals surface area (Å²) in [7, 11) is 0. The number of nitrogens with zero attached hydrogens (tertiary/aromatic N) is 4. The molecule has 0 N–H and O–H groups in total. The van der Waals surface area contributed by atoms with Crippen LogP contribution in [0.3, 0.4) is 0 Å². The summed E-state index contributed by atoms with van der Waals surface area (Å²) in [5.74, 6) is 1.73. The third-order valence-electron chi connectivity index (χ3n) is 13.5. The maximum absolute atomic E-state index is 6.99. The molecule has 0 bridgehead atoms. The monoisotopic (exact) mass is 882 g/mol. The molecule has 0 aliphatic carbocycles. The molecule has 4 heterocycles. The van der Waals surface area contributed by atoms with E-state index in [0.717, 1.165) is 99.5 Å². The van der Waals surface area contributed by atoms with Crippen LogP contribution in [0.25, 0.3) is 139 Å². The Kier molecular flexibility index (Phi) is 8.79. The summed E-state index contributed by atoms with van der Waals surface area (Å²) in [6, 6.07) is 80.4. The zero-order valence-electron chi connectivity index (χ0n) is 37.0. The fourth-order valence-electron chi connectivity index (χ4n) is 10.1. The Morgan fingerprint density at radius 3 is 1.54 bits per heavy atom. The Bertz CT molecular complexity index is 4290. The van der Waals surface area contributed by atoms with Crippen molar-refractivity contribution in [2.24, 2.45) is 0 Å². The smallest absolute Gasteiger partial charge is 0.167 e. The minimum absolute atomic E-state index is 0.542. The summed E-state index contributed by atoms with van der Waals surface area (Å²) in [5, 5.41) is 6.53. The molecular weight excluding hydrogens is 845 g/mol. The van der Waals surface area contributed by atoms with Crippen LogP contribution in [0.1, 0.15) is 0 Å². The highest BCUT2D eigenvalue weighted by atomic mass is 16.3. The molecule has 0 radical (unpaired) electrons. The van der Waals surface area contributed by atoms with Crippen LogP contribution in [0.4, 0.5) is 0 Å². The summed E-state index contributed by atoms with van der Waals surface area (Å²) < 4.78 is 16.0. The third-order valence-corrected chi connectivity index (χ3v) is 13.5. The summed E-state index contributed by atoms with van der Waals surface area (Å²) in [6.07, 6.45) is 0. The molecule has 69 heavy (non-hydrogen) atoms. The van der Waals surface area contributed by atoms with Gasteiger partial charge in [0, 0.05) is 60.8 Å². The Hall–Kier alpha value is -9.39. The van der Waals surface area contributed by atoms with Crippen LogP contribution in [-0.2, 0) is 0 Å². The van der Waals surface area contributed by atoms with Gasteiger partial charge >= 0.3 is 0 Å². The second-order valence-electron chi connectivity index (χ2n) is 17.5. The van der Waals surface area contributed by atoms with E-state index in [2.05, 4.69) is 193 Å². The first-order valence-corrected chi connectivity index (χ1v) is 23.2. The van der Waals surface area contributed by atoms with Gasteiger partial charge in [0.05, 0.1) is 16.6 Å². The number of furan rings is 2. The first-order valence-electron chi connectivity index (χ1n) is 23.2. The van der Waals surface area contributed by atoms with E-state index < -0.39 is 0 Å². The number of aromatic nitrogens is 4. The Labute approximate surface area is 396 Å². The number of hydrogen-bond acceptors (Lipinski definition) is 5. The fraction of sp³-hybridized carbons (Fsp3) is 0. The highest BCUT2D eigenvalue weighted by molar-refractivity contribution is 6.15. The maximum atomic E-state index is 6.99. The molecule has 4 aromatic heterocycles. The van der Waals surface area contributed by atoms with Gasteiger partial charge in [-0.15, -0.1) is 0 Å². The SMILES string of the molecule is c1ccc(-c2ccc(-c3nc(-c4ccccc4)nc(-c4cccc5c4oc4c(-c6ccc7oc8cc(-n9c%10ccccc%10c%10cc(-c%11ccccc%11)ccc%109)ccc8c7c6)cccc45)n3)cc2)cc1. The Balaban J connectivity index is 0.864. The second-order valence-corrected chi connectivity index (χ2v) is 17.5. The second kappa shape index (κ2) is 15.6. The zero-order valence-corrected chi connectivity index (χ0v) is 37.0. The molecule has 0 saturated heterocycles. The predicted octanol–water partition coefficient (Wildman–Crippen LogP) is 16.8. The number of para-hydroxylation sites is 3. The molecule has 6 nitrogen and oxygen atoms in total. The lowest BCUT2D eigenvalue weighted by atomic mass is 10.00. The van der Waals surface area contributed by atoms with Gasteiger partial charge in [-0.1, -0.05) is 176 Å². The van der Waals surface area contributed by atoms with Crippen LogP contribution < -0.4 is 0 Å². The van der Waals surface area contributed by atoms with Crippen LogP contribution in [-0.4, -0.2) is 19.5 Å². The van der Waals surface area contributed by atoms with Crippen molar-refractivity contribution in [3.05, 3.63) is 231 Å². The topological polar surface area (TPSA) is 69.9 Å². The van der Waals surface area contributed by atoms with Crippen molar-refractivity contribution in [1.82, 2.24) is 19.5 Å². The molecule has 0 aliphatic heterocycles. The van der Waals surface area contributed by atoms with Crippen molar-refractivity contribution < 1.29 is 8.83 Å². The van der Waals surface area contributed by atoms with Crippen LogP contribution in [0.15, 0.2) is 239 Å². The molecule has 0 amide bonds. The number of fused-ring (bicyclic) bond motifs is 9. The van der Waals surface area contributed by atoms with Crippen LogP contribution >= 0.6 is 0 Å². The lowest BCUT2D eigenvalue weighted by Gasteiger charge is -2.09. The summed E-state index contributed by atoms with van der Waals surface area (Å²) >= 11 is 0. The highest BCUT2D eigenvalue weighted by Crippen LogP contribution is 2.42. The van der Waals surface area contributed by atoms with Crippen LogP contribution in [0.2, 0.25) is 0 Å². The van der Waals surface area contributed by atoms with Crippen molar-refractivity contribution in [3.63, 3.8) is 0 Å².